The van der Waals surface area contributed by atoms with E-state index in [2.05, 4.69) is 4.72 Å². The molecule has 0 amide bonds. The zero-order chi connectivity index (χ0) is 19.4. The predicted octanol–water partition coefficient (Wildman–Crippen LogP) is 6.11. The molecule has 0 aliphatic carbocycles. The summed E-state index contributed by atoms with van der Waals surface area (Å²) in [5.41, 5.74) is -1.73. The Morgan fingerprint density at radius 2 is 1.68 bits per heavy atom. The average Bonchev–Trinajstić information content (AvgIpc) is 2.56. The molecule has 2 rings (SSSR count). The molecule has 0 fully saturated rings. The van der Waals surface area contributed by atoms with Gasteiger partial charge in [-0.25, -0.2) is 13.0 Å². The van der Waals surface area contributed by atoms with Crippen LogP contribution in [0.15, 0.2) is 35.2 Å². The molecule has 1 N–H and O–H groups in total. The average molecular weight is 400 g/mol. The molecule has 2 aromatic rings. The van der Waals surface area contributed by atoms with Crippen LogP contribution in [0.4, 0.5) is 27.6 Å². The molecule has 1 atom stereocenters. The molecule has 25 heavy (non-hydrogen) atoms. The molecule has 2 aromatic carbocycles. The third kappa shape index (κ3) is 5.15. The highest BCUT2D eigenvalue weighted by atomic mass is 35.5. The van der Waals surface area contributed by atoms with Crippen LogP contribution in [0, 0.1) is 18.6 Å². The summed E-state index contributed by atoms with van der Waals surface area (Å²) in [6.45, 7) is 5.18. The fourth-order valence-electron chi connectivity index (χ4n) is 1.74. The second-order valence-electron chi connectivity index (χ2n) is 4.54. The minimum atomic E-state index is -4.71. The summed E-state index contributed by atoms with van der Waals surface area (Å²) in [6, 6.07) is 4.65. The van der Waals surface area contributed by atoms with Crippen molar-refractivity contribution in [3.05, 3.63) is 58.1 Å². The second-order valence-corrected chi connectivity index (χ2v) is 6.16. The van der Waals surface area contributed by atoms with Crippen molar-refractivity contribution in [2.45, 2.75) is 31.8 Å². The summed E-state index contributed by atoms with van der Waals surface area (Å²) in [4.78, 5) is -0.247. The third-order valence-corrected chi connectivity index (χ3v) is 4.40. The Bertz CT molecular complexity index is 780. The first-order valence-corrected chi connectivity index (χ1v) is 8.64. The van der Waals surface area contributed by atoms with Gasteiger partial charge in [-0.15, -0.1) is 0 Å². The highest BCUT2D eigenvalue weighted by Gasteiger charge is 2.33. The number of nitrogens with one attached hydrogen (secondary N) is 1. The molecule has 0 aliphatic rings. The maximum atomic E-state index is 13.8. The van der Waals surface area contributed by atoms with Crippen molar-refractivity contribution in [1.29, 1.82) is 0 Å². The first kappa shape index (κ1) is 21.4. The van der Waals surface area contributed by atoms with Crippen LogP contribution < -0.4 is 4.72 Å². The Kier molecular flexibility index (Phi) is 7.37. The van der Waals surface area contributed by atoms with E-state index in [4.69, 9.17) is 11.6 Å². The van der Waals surface area contributed by atoms with Crippen LogP contribution in [-0.2, 0) is 17.2 Å². The first-order valence-electron chi connectivity index (χ1n) is 7.11. The van der Waals surface area contributed by atoms with Gasteiger partial charge in [-0.2, -0.15) is 13.2 Å². The maximum Gasteiger partial charge on any atom is 0.417 e. The normalized spacial score (nSPS) is 12.2. The van der Waals surface area contributed by atoms with Gasteiger partial charge in [0.1, 0.15) is 16.8 Å². The zero-order valence-corrected chi connectivity index (χ0v) is 15.0. The van der Waals surface area contributed by atoms with E-state index in [-0.39, 0.29) is 16.1 Å². The number of rotatable bonds is 3. The van der Waals surface area contributed by atoms with Crippen LogP contribution in [0.5, 0.6) is 0 Å². The van der Waals surface area contributed by atoms with Crippen LogP contribution in [0.3, 0.4) is 0 Å². The summed E-state index contributed by atoms with van der Waals surface area (Å²) in [5.74, 6) is -1.76. The first-order chi connectivity index (χ1) is 11.6. The van der Waals surface area contributed by atoms with Crippen LogP contribution in [0.25, 0.3) is 0 Å². The Morgan fingerprint density at radius 1 is 1.08 bits per heavy atom. The number of halogens is 6. The number of alkyl halides is 3. The number of anilines is 1. The molecule has 0 aliphatic heterocycles. The van der Waals surface area contributed by atoms with Gasteiger partial charge in [0.15, 0.2) is 5.82 Å². The molecule has 9 heteroatoms. The van der Waals surface area contributed by atoms with Gasteiger partial charge >= 0.3 is 6.18 Å². The monoisotopic (exact) mass is 399 g/mol. The van der Waals surface area contributed by atoms with Crippen molar-refractivity contribution in [2.24, 2.45) is 0 Å². The van der Waals surface area contributed by atoms with E-state index in [9.17, 15) is 26.2 Å². The quantitative estimate of drug-likeness (QED) is 0.620. The molecule has 2 nitrogen and oxygen atoms in total. The molecule has 0 radical (unpaired) electrons. The highest BCUT2D eigenvalue weighted by Crippen LogP contribution is 2.35. The molecule has 0 aromatic heterocycles. The summed E-state index contributed by atoms with van der Waals surface area (Å²) in [7, 11) is -2.18. The molecule has 0 spiro atoms. The highest BCUT2D eigenvalue weighted by molar-refractivity contribution is 7.86. The molecule has 0 saturated heterocycles. The lowest BCUT2D eigenvalue weighted by Gasteiger charge is -2.12. The van der Waals surface area contributed by atoms with E-state index in [0.717, 1.165) is 24.3 Å². The third-order valence-electron chi connectivity index (χ3n) is 2.98. The largest absolute Gasteiger partial charge is 0.417 e. The van der Waals surface area contributed by atoms with E-state index in [1.54, 1.807) is 0 Å². The van der Waals surface area contributed by atoms with E-state index in [1.165, 1.54) is 6.92 Å². The van der Waals surface area contributed by atoms with E-state index >= 15 is 0 Å². The minimum absolute atomic E-state index is 0.247. The fraction of sp³-hybridized carbons (Fsp3) is 0.250. The lowest BCUT2D eigenvalue weighted by atomic mass is 10.2. The molecule has 0 saturated carbocycles. The Balaban J connectivity index is 0.00000151. The van der Waals surface area contributed by atoms with Gasteiger partial charge in [0, 0.05) is 5.56 Å². The number of benzene rings is 2. The van der Waals surface area contributed by atoms with Gasteiger partial charge in [-0.1, -0.05) is 25.4 Å². The maximum absolute atomic E-state index is 13.8. The lowest BCUT2D eigenvalue weighted by Crippen LogP contribution is -2.11. The second kappa shape index (κ2) is 8.62. The molecular formula is C16H15ClF5NOS. The topological polar surface area (TPSA) is 29.1 Å². The summed E-state index contributed by atoms with van der Waals surface area (Å²) < 4.78 is 79.6. The van der Waals surface area contributed by atoms with Gasteiger partial charge in [-0.05, 0) is 37.3 Å². The SMILES string of the molecule is CC.Cc1c(F)ccc(NS(=O)c2ccc(Cl)c(C(F)(F)F)c2)c1F. The molecule has 1 unspecified atom stereocenters. The summed E-state index contributed by atoms with van der Waals surface area (Å²) in [5, 5.41) is -0.540. The molecule has 138 valence electrons. The summed E-state index contributed by atoms with van der Waals surface area (Å²) in [6.07, 6.45) is -4.71. The van der Waals surface area contributed by atoms with Crippen LogP contribution in [-0.4, -0.2) is 4.21 Å². The van der Waals surface area contributed by atoms with Gasteiger partial charge in [0.25, 0.3) is 0 Å². The van der Waals surface area contributed by atoms with Gasteiger partial charge in [-0.3, -0.25) is 4.72 Å². The predicted molar refractivity (Wildman–Crippen MR) is 88.9 cm³/mol. The van der Waals surface area contributed by atoms with Gasteiger partial charge in [0.05, 0.1) is 21.2 Å². The Morgan fingerprint density at radius 3 is 2.24 bits per heavy atom. The van der Waals surface area contributed by atoms with Crippen molar-refractivity contribution < 1.29 is 26.2 Å². The van der Waals surface area contributed by atoms with E-state index < -0.39 is 39.4 Å². The lowest BCUT2D eigenvalue weighted by molar-refractivity contribution is -0.137. The van der Waals surface area contributed by atoms with Crippen molar-refractivity contribution in [2.75, 3.05) is 4.72 Å². The molecular weight excluding hydrogens is 385 g/mol. The van der Waals surface area contributed by atoms with Crippen molar-refractivity contribution in [3.8, 4) is 0 Å². The van der Waals surface area contributed by atoms with Crippen molar-refractivity contribution >= 4 is 28.3 Å². The smallest absolute Gasteiger partial charge is 0.298 e. The van der Waals surface area contributed by atoms with Crippen molar-refractivity contribution in [1.82, 2.24) is 0 Å². The number of hydrogen-bond donors (Lipinski definition) is 1. The van der Waals surface area contributed by atoms with Gasteiger partial charge in [0.2, 0.25) is 0 Å². The minimum Gasteiger partial charge on any atom is -0.298 e. The van der Waals surface area contributed by atoms with Crippen LogP contribution in [0.2, 0.25) is 5.02 Å². The van der Waals surface area contributed by atoms with E-state index in [0.29, 0.717) is 6.07 Å². The Hall–Kier alpha value is -1.67. The van der Waals surface area contributed by atoms with E-state index in [1.807, 2.05) is 13.8 Å². The fourth-order valence-corrected chi connectivity index (χ4v) is 2.85. The zero-order valence-electron chi connectivity index (χ0n) is 13.5. The Labute approximate surface area is 149 Å². The van der Waals surface area contributed by atoms with Gasteiger partial charge < -0.3 is 0 Å². The standard InChI is InChI=1S/C14H9ClF5NOS.C2H6/c1-7-11(16)4-5-12(13(7)17)21-23(22)8-2-3-10(15)9(6-8)14(18,19)20;1-2/h2-6,21H,1H3;1-2H3. The molecule has 0 heterocycles. The molecule has 0 bridgehead atoms. The van der Waals surface area contributed by atoms with Crippen LogP contribution in [0.1, 0.15) is 25.0 Å². The number of hydrogen-bond acceptors (Lipinski definition) is 1. The summed E-state index contributed by atoms with van der Waals surface area (Å²) >= 11 is 5.47. The van der Waals surface area contributed by atoms with Crippen molar-refractivity contribution in [3.63, 3.8) is 0 Å². The van der Waals surface area contributed by atoms with Crippen LogP contribution >= 0.6 is 11.6 Å².